The van der Waals surface area contributed by atoms with Crippen molar-refractivity contribution >= 4 is 0 Å². The average Bonchev–Trinajstić information content (AvgIpc) is 1.88. The first-order valence-corrected chi connectivity index (χ1v) is 4.77. The van der Waals surface area contributed by atoms with E-state index in [0.717, 1.165) is 0 Å². The van der Waals surface area contributed by atoms with E-state index >= 15 is 0 Å². The molecule has 0 aliphatic rings. The summed E-state index contributed by atoms with van der Waals surface area (Å²) in [5.74, 6) is 0. The van der Waals surface area contributed by atoms with Gasteiger partial charge in [-0.1, -0.05) is 51.5 Å². The molecule has 0 aromatic carbocycles. The maximum atomic E-state index is 3.56. The predicted molar refractivity (Wildman–Crippen MR) is 54.9 cm³/mol. The van der Waals surface area contributed by atoms with Crippen molar-refractivity contribution < 1.29 is 0 Å². The van der Waals surface area contributed by atoms with E-state index in [1.807, 2.05) is 13.8 Å². The minimum atomic E-state index is 1.17. The molecule has 0 nitrogen and oxygen atoms in total. The maximum Gasteiger partial charge on any atom is -0.0445 e. The number of hydrogen-bond acceptors (Lipinski definition) is 0. The summed E-state index contributed by atoms with van der Waals surface area (Å²) in [6.07, 6.45) is 7.01. The van der Waals surface area contributed by atoms with Crippen molar-refractivity contribution in [1.29, 1.82) is 0 Å². The van der Waals surface area contributed by atoms with Gasteiger partial charge in [-0.2, -0.15) is 0 Å². The Morgan fingerprint density at radius 2 is 1.18 bits per heavy atom. The van der Waals surface area contributed by atoms with Crippen LogP contribution in [-0.4, -0.2) is 0 Å². The van der Waals surface area contributed by atoms with E-state index in [2.05, 4.69) is 20.4 Å². The van der Waals surface area contributed by atoms with Gasteiger partial charge >= 0.3 is 0 Å². The van der Waals surface area contributed by atoms with Crippen molar-refractivity contribution in [3.8, 4) is 0 Å². The second-order valence-electron chi connectivity index (χ2n) is 3.27. The zero-order valence-corrected chi connectivity index (χ0v) is 8.74. The van der Waals surface area contributed by atoms with Crippen molar-refractivity contribution in [3.05, 3.63) is 12.2 Å². The Labute approximate surface area is 72.7 Å². The first-order chi connectivity index (χ1) is 5.15. The van der Waals surface area contributed by atoms with Crippen LogP contribution in [-0.2, 0) is 0 Å². The van der Waals surface area contributed by atoms with Crippen molar-refractivity contribution in [1.82, 2.24) is 0 Å². The van der Waals surface area contributed by atoms with Crippen LogP contribution in [0, 0.1) is 0 Å². The van der Waals surface area contributed by atoms with Crippen LogP contribution < -0.4 is 0 Å². The average molecular weight is 156 g/mol. The molecular weight excluding hydrogens is 132 g/mol. The summed E-state index contributed by atoms with van der Waals surface area (Å²) in [6, 6.07) is 0. The fourth-order valence-corrected chi connectivity index (χ4v) is 0.677. The molecule has 68 valence electrons. The normalized spacial score (nSPS) is 8.36. The largest absolute Gasteiger partial charge is 0.100 e. The highest BCUT2D eigenvalue weighted by molar-refractivity contribution is 4.78. The number of hydrogen-bond donors (Lipinski definition) is 0. The van der Waals surface area contributed by atoms with Crippen LogP contribution in [0.3, 0.4) is 0 Å². The Morgan fingerprint density at radius 3 is 1.36 bits per heavy atom. The van der Waals surface area contributed by atoms with Crippen LogP contribution in [0.25, 0.3) is 0 Å². The van der Waals surface area contributed by atoms with Gasteiger partial charge in [-0.25, -0.2) is 0 Å². The molecule has 0 aliphatic heterocycles. The fraction of sp³-hybridized carbons (Fsp3) is 0.818. The summed E-state index contributed by atoms with van der Waals surface area (Å²) in [5.41, 5.74) is 1.17. The lowest BCUT2D eigenvalue weighted by Crippen LogP contribution is -1.70. The summed E-state index contributed by atoms with van der Waals surface area (Å²) in [5, 5.41) is 0. The summed E-state index contributed by atoms with van der Waals surface area (Å²) < 4.78 is 0. The summed E-state index contributed by atoms with van der Waals surface area (Å²) in [7, 11) is 0. The van der Waals surface area contributed by atoms with Gasteiger partial charge in [-0.15, -0.1) is 6.58 Å². The molecule has 0 spiro atoms. The van der Waals surface area contributed by atoms with E-state index < -0.39 is 0 Å². The van der Waals surface area contributed by atoms with Crippen LogP contribution >= 0.6 is 0 Å². The Kier molecular flexibility index (Phi) is 15.1. The monoisotopic (exact) mass is 156 g/mol. The maximum absolute atomic E-state index is 3.56. The molecular formula is C11H24. The third kappa shape index (κ3) is 41.7. The van der Waals surface area contributed by atoms with Crippen molar-refractivity contribution in [3.63, 3.8) is 0 Å². The Balaban J connectivity index is 0. The second-order valence-corrected chi connectivity index (χ2v) is 3.27. The molecule has 0 N–H and O–H groups in total. The Morgan fingerprint density at radius 1 is 0.909 bits per heavy atom. The fourth-order valence-electron chi connectivity index (χ4n) is 0.677. The van der Waals surface area contributed by atoms with Crippen LogP contribution in [0.2, 0.25) is 0 Å². The first-order valence-electron chi connectivity index (χ1n) is 4.77. The third-order valence-electron chi connectivity index (χ3n) is 1.21. The van der Waals surface area contributed by atoms with Gasteiger partial charge in [0.2, 0.25) is 0 Å². The SMILES string of the molecule is C=C(C)C.CCCCCCC. The molecule has 0 bridgehead atoms. The molecule has 0 radical (unpaired) electrons. The lowest BCUT2D eigenvalue weighted by Gasteiger charge is -1.90. The smallest absolute Gasteiger partial charge is 0.0445 e. The predicted octanol–water partition coefficient (Wildman–Crippen LogP) is 4.56. The van der Waals surface area contributed by atoms with Gasteiger partial charge in [0.05, 0.1) is 0 Å². The summed E-state index contributed by atoms with van der Waals surface area (Å²) in [6.45, 7) is 12.0. The Bertz CT molecular complexity index is 64.1. The van der Waals surface area contributed by atoms with Gasteiger partial charge in [0.25, 0.3) is 0 Å². The van der Waals surface area contributed by atoms with E-state index in [1.165, 1.54) is 37.7 Å². The second kappa shape index (κ2) is 12.4. The number of rotatable bonds is 4. The lowest BCUT2D eigenvalue weighted by atomic mass is 10.2. The van der Waals surface area contributed by atoms with Crippen LogP contribution in [0.5, 0.6) is 0 Å². The zero-order valence-electron chi connectivity index (χ0n) is 8.74. The van der Waals surface area contributed by atoms with E-state index in [0.29, 0.717) is 0 Å². The molecule has 0 fully saturated rings. The highest BCUT2D eigenvalue weighted by Gasteiger charge is 1.80. The summed E-state index contributed by atoms with van der Waals surface area (Å²) in [4.78, 5) is 0. The number of unbranched alkanes of at least 4 members (excludes halogenated alkanes) is 4. The summed E-state index contributed by atoms with van der Waals surface area (Å²) >= 11 is 0. The van der Waals surface area contributed by atoms with Gasteiger partial charge in [0.15, 0.2) is 0 Å². The standard InChI is InChI=1S/C7H16.C4H8/c1-3-5-7-6-4-2;1-4(2)3/h3-7H2,1-2H3;1H2,2-3H3. The van der Waals surface area contributed by atoms with Crippen molar-refractivity contribution in [2.24, 2.45) is 0 Å². The van der Waals surface area contributed by atoms with E-state index in [9.17, 15) is 0 Å². The molecule has 0 saturated heterocycles. The quantitative estimate of drug-likeness (QED) is 0.413. The minimum Gasteiger partial charge on any atom is -0.100 e. The third-order valence-corrected chi connectivity index (χ3v) is 1.21. The van der Waals surface area contributed by atoms with Crippen LogP contribution in [0.4, 0.5) is 0 Å². The molecule has 0 amide bonds. The van der Waals surface area contributed by atoms with E-state index in [1.54, 1.807) is 0 Å². The molecule has 0 aromatic rings. The topological polar surface area (TPSA) is 0 Å². The van der Waals surface area contributed by atoms with E-state index in [4.69, 9.17) is 0 Å². The molecule has 0 aromatic heterocycles. The van der Waals surface area contributed by atoms with Gasteiger partial charge < -0.3 is 0 Å². The van der Waals surface area contributed by atoms with Gasteiger partial charge in [0, 0.05) is 0 Å². The zero-order chi connectivity index (χ0) is 9.11. The van der Waals surface area contributed by atoms with Crippen molar-refractivity contribution in [2.45, 2.75) is 59.8 Å². The lowest BCUT2D eigenvalue weighted by molar-refractivity contribution is 0.656. The molecule has 0 heterocycles. The molecule has 11 heavy (non-hydrogen) atoms. The molecule has 0 atom stereocenters. The van der Waals surface area contributed by atoms with E-state index in [-0.39, 0.29) is 0 Å². The van der Waals surface area contributed by atoms with Gasteiger partial charge in [-0.05, 0) is 13.8 Å². The molecule has 0 unspecified atom stereocenters. The number of allylic oxidation sites excluding steroid dienone is 1. The molecule has 0 aliphatic carbocycles. The van der Waals surface area contributed by atoms with Crippen LogP contribution in [0.15, 0.2) is 12.2 Å². The highest BCUT2D eigenvalue weighted by atomic mass is 13.9. The van der Waals surface area contributed by atoms with Crippen molar-refractivity contribution in [2.75, 3.05) is 0 Å². The molecule has 0 saturated carbocycles. The minimum absolute atomic E-state index is 1.17. The van der Waals surface area contributed by atoms with Gasteiger partial charge in [-0.3, -0.25) is 0 Å². The Hall–Kier alpha value is -0.260. The van der Waals surface area contributed by atoms with Crippen LogP contribution in [0.1, 0.15) is 59.8 Å². The van der Waals surface area contributed by atoms with Gasteiger partial charge in [0.1, 0.15) is 0 Å². The molecule has 0 rings (SSSR count). The highest BCUT2D eigenvalue weighted by Crippen LogP contribution is 2.00. The molecule has 0 heteroatoms. The first kappa shape index (κ1) is 13.3.